The fourth-order valence-corrected chi connectivity index (χ4v) is 1.64. The topological polar surface area (TPSA) is 37.2 Å². The molecule has 98 valence electrons. The van der Waals surface area contributed by atoms with Gasteiger partial charge >= 0.3 is 0 Å². The number of rotatable bonds is 7. The van der Waals surface area contributed by atoms with E-state index < -0.39 is 0 Å². The van der Waals surface area contributed by atoms with E-state index in [4.69, 9.17) is 0 Å². The van der Waals surface area contributed by atoms with Crippen LogP contribution in [0.25, 0.3) is 0 Å². The molecule has 1 atom stereocenters. The summed E-state index contributed by atoms with van der Waals surface area (Å²) in [7, 11) is 0. The lowest BCUT2D eigenvalue weighted by molar-refractivity contribution is 0.107. The van der Waals surface area contributed by atoms with Gasteiger partial charge in [-0.05, 0) is 30.0 Å². The predicted molar refractivity (Wildman–Crippen MR) is 71.8 cm³/mol. The molecule has 1 unspecified atom stereocenters. The molecule has 1 rings (SSSR count). The highest BCUT2D eigenvalue weighted by atomic mass is 16.3. The SMILES string of the molecule is CC(C)CNCc1ccn(CC(O)C(C)C)c1. The van der Waals surface area contributed by atoms with Gasteiger partial charge in [0.25, 0.3) is 0 Å². The molecule has 1 aromatic rings. The second kappa shape index (κ2) is 6.82. The Labute approximate surface area is 105 Å². The van der Waals surface area contributed by atoms with Crippen molar-refractivity contribution in [2.75, 3.05) is 6.54 Å². The third-order valence-corrected chi connectivity index (χ3v) is 2.86. The number of aliphatic hydroxyl groups is 1. The first-order valence-corrected chi connectivity index (χ1v) is 6.52. The Morgan fingerprint density at radius 2 is 2.00 bits per heavy atom. The number of nitrogens with zero attached hydrogens (tertiary/aromatic N) is 1. The minimum atomic E-state index is -0.265. The summed E-state index contributed by atoms with van der Waals surface area (Å²) >= 11 is 0. The van der Waals surface area contributed by atoms with Gasteiger partial charge in [-0.15, -0.1) is 0 Å². The second-order valence-corrected chi connectivity index (χ2v) is 5.55. The molecule has 0 aliphatic rings. The number of aromatic nitrogens is 1. The zero-order valence-corrected chi connectivity index (χ0v) is 11.5. The molecule has 0 aliphatic carbocycles. The average molecular weight is 238 g/mol. The lowest BCUT2D eigenvalue weighted by Crippen LogP contribution is -2.21. The summed E-state index contributed by atoms with van der Waals surface area (Å²) < 4.78 is 2.07. The minimum absolute atomic E-state index is 0.265. The normalized spacial score (nSPS) is 13.6. The van der Waals surface area contributed by atoms with Crippen molar-refractivity contribution in [1.82, 2.24) is 9.88 Å². The Hall–Kier alpha value is -0.800. The minimum Gasteiger partial charge on any atom is -0.391 e. The van der Waals surface area contributed by atoms with Gasteiger partial charge in [-0.25, -0.2) is 0 Å². The van der Waals surface area contributed by atoms with Crippen molar-refractivity contribution in [2.45, 2.75) is 46.9 Å². The Morgan fingerprint density at radius 1 is 1.29 bits per heavy atom. The zero-order chi connectivity index (χ0) is 12.8. The van der Waals surface area contributed by atoms with Crippen LogP contribution < -0.4 is 5.32 Å². The van der Waals surface area contributed by atoms with Crippen LogP contribution in [0.5, 0.6) is 0 Å². The van der Waals surface area contributed by atoms with E-state index in [-0.39, 0.29) is 6.10 Å². The lowest BCUT2D eigenvalue weighted by atomic mass is 10.1. The van der Waals surface area contributed by atoms with Gasteiger partial charge in [-0.3, -0.25) is 0 Å². The molecule has 1 heterocycles. The van der Waals surface area contributed by atoms with Crippen LogP contribution in [0.15, 0.2) is 18.5 Å². The maximum atomic E-state index is 9.80. The van der Waals surface area contributed by atoms with E-state index in [9.17, 15) is 5.11 Å². The van der Waals surface area contributed by atoms with Gasteiger partial charge in [-0.2, -0.15) is 0 Å². The summed E-state index contributed by atoms with van der Waals surface area (Å²) in [5.74, 6) is 0.986. The molecule has 3 nitrogen and oxygen atoms in total. The number of aliphatic hydroxyl groups excluding tert-OH is 1. The quantitative estimate of drug-likeness (QED) is 0.764. The van der Waals surface area contributed by atoms with Crippen LogP contribution >= 0.6 is 0 Å². The van der Waals surface area contributed by atoms with Crippen LogP contribution in [0.2, 0.25) is 0 Å². The summed E-state index contributed by atoms with van der Waals surface area (Å²) in [6.45, 7) is 11.1. The van der Waals surface area contributed by atoms with Crippen LogP contribution in [0, 0.1) is 11.8 Å². The van der Waals surface area contributed by atoms with Gasteiger partial charge in [-0.1, -0.05) is 27.7 Å². The molecule has 0 bridgehead atoms. The van der Waals surface area contributed by atoms with Crippen LogP contribution in [-0.4, -0.2) is 22.3 Å². The van der Waals surface area contributed by atoms with E-state index in [1.165, 1.54) is 5.56 Å². The van der Waals surface area contributed by atoms with Crippen LogP contribution in [-0.2, 0) is 13.1 Å². The van der Waals surface area contributed by atoms with Gasteiger partial charge in [0.05, 0.1) is 6.10 Å². The Balaban J connectivity index is 2.37. The maximum Gasteiger partial charge on any atom is 0.0741 e. The Bertz CT molecular complexity index is 318. The first-order chi connectivity index (χ1) is 7.99. The average Bonchev–Trinajstić information content (AvgIpc) is 2.65. The van der Waals surface area contributed by atoms with Crippen molar-refractivity contribution < 1.29 is 5.11 Å². The maximum absolute atomic E-state index is 9.80. The van der Waals surface area contributed by atoms with Crippen molar-refractivity contribution >= 4 is 0 Å². The van der Waals surface area contributed by atoms with E-state index in [0.29, 0.717) is 18.4 Å². The van der Waals surface area contributed by atoms with Crippen LogP contribution in [0.4, 0.5) is 0 Å². The van der Waals surface area contributed by atoms with Crippen molar-refractivity contribution in [3.05, 3.63) is 24.0 Å². The summed E-state index contributed by atoms with van der Waals surface area (Å²) in [5, 5.41) is 13.2. The molecule has 0 fully saturated rings. The largest absolute Gasteiger partial charge is 0.391 e. The van der Waals surface area contributed by atoms with Gasteiger partial charge in [0.15, 0.2) is 0 Å². The monoisotopic (exact) mass is 238 g/mol. The van der Waals surface area contributed by atoms with Gasteiger partial charge in [0.2, 0.25) is 0 Å². The predicted octanol–water partition coefficient (Wildman–Crippen LogP) is 2.25. The standard InChI is InChI=1S/C14H26N2O/c1-11(2)7-15-8-13-5-6-16(9-13)10-14(17)12(3)4/h5-6,9,11-12,14-15,17H,7-8,10H2,1-4H3. The summed E-state index contributed by atoms with van der Waals surface area (Å²) in [6.07, 6.45) is 3.88. The van der Waals surface area contributed by atoms with Crippen molar-refractivity contribution in [3.63, 3.8) is 0 Å². The molecule has 0 aliphatic heterocycles. The fourth-order valence-electron chi connectivity index (χ4n) is 1.64. The summed E-state index contributed by atoms with van der Waals surface area (Å²) in [5.41, 5.74) is 1.28. The smallest absolute Gasteiger partial charge is 0.0741 e. The molecule has 0 saturated carbocycles. The summed E-state index contributed by atoms with van der Waals surface area (Å²) in [6, 6.07) is 2.11. The molecule has 0 spiro atoms. The molecule has 0 radical (unpaired) electrons. The second-order valence-electron chi connectivity index (χ2n) is 5.55. The van der Waals surface area contributed by atoms with E-state index in [0.717, 1.165) is 13.1 Å². The Morgan fingerprint density at radius 3 is 2.59 bits per heavy atom. The first-order valence-electron chi connectivity index (χ1n) is 6.52. The van der Waals surface area contributed by atoms with E-state index >= 15 is 0 Å². The third kappa shape index (κ3) is 5.37. The molecule has 3 heteroatoms. The molecule has 0 amide bonds. The highest BCUT2D eigenvalue weighted by Gasteiger charge is 2.09. The highest BCUT2D eigenvalue weighted by Crippen LogP contribution is 2.07. The fraction of sp³-hybridized carbons (Fsp3) is 0.714. The summed E-state index contributed by atoms with van der Waals surface area (Å²) in [4.78, 5) is 0. The highest BCUT2D eigenvalue weighted by molar-refractivity contribution is 5.10. The lowest BCUT2D eigenvalue weighted by Gasteiger charge is -2.14. The number of hydrogen-bond acceptors (Lipinski definition) is 2. The van der Waals surface area contributed by atoms with Crippen molar-refractivity contribution in [2.24, 2.45) is 11.8 Å². The molecule has 2 N–H and O–H groups in total. The van der Waals surface area contributed by atoms with E-state index in [2.05, 4.69) is 36.0 Å². The van der Waals surface area contributed by atoms with Gasteiger partial charge in [0.1, 0.15) is 0 Å². The van der Waals surface area contributed by atoms with Gasteiger partial charge in [0, 0.05) is 25.5 Å². The van der Waals surface area contributed by atoms with E-state index in [1.807, 2.05) is 20.0 Å². The zero-order valence-electron chi connectivity index (χ0n) is 11.5. The molecule has 0 saturated heterocycles. The van der Waals surface area contributed by atoms with Gasteiger partial charge < -0.3 is 15.0 Å². The number of nitrogens with one attached hydrogen (secondary N) is 1. The first kappa shape index (κ1) is 14.3. The molecule has 17 heavy (non-hydrogen) atoms. The molecular formula is C14H26N2O. The van der Waals surface area contributed by atoms with Crippen molar-refractivity contribution in [1.29, 1.82) is 0 Å². The van der Waals surface area contributed by atoms with Crippen LogP contribution in [0.3, 0.4) is 0 Å². The number of hydrogen-bond donors (Lipinski definition) is 2. The molecular weight excluding hydrogens is 212 g/mol. The Kier molecular flexibility index (Phi) is 5.72. The van der Waals surface area contributed by atoms with Crippen molar-refractivity contribution in [3.8, 4) is 0 Å². The van der Waals surface area contributed by atoms with E-state index in [1.54, 1.807) is 0 Å². The molecule has 1 aromatic heterocycles. The van der Waals surface area contributed by atoms with Crippen LogP contribution in [0.1, 0.15) is 33.3 Å². The molecule has 0 aromatic carbocycles. The third-order valence-electron chi connectivity index (χ3n) is 2.86.